The van der Waals surface area contributed by atoms with E-state index in [1.807, 2.05) is 18.2 Å². The van der Waals surface area contributed by atoms with Gasteiger partial charge in [0, 0.05) is 18.2 Å². The van der Waals surface area contributed by atoms with Gasteiger partial charge in [-0.2, -0.15) is 4.98 Å². The third-order valence-electron chi connectivity index (χ3n) is 3.96. The zero-order chi connectivity index (χ0) is 15.8. The Hall–Kier alpha value is -2.76. The molecule has 2 aromatic heterocycles. The zero-order valence-electron chi connectivity index (χ0n) is 12.5. The Labute approximate surface area is 132 Å². The first kappa shape index (κ1) is 13.9. The van der Waals surface area contributed by atoms with Gasteiger partial charge in [-0.25, -0.2) is 9.37 Å². The lowest BCUT2D eigenvalue weighted by atomic mass is 10.1. The summed E-state index contributed by atoms with van der Waals surface area (Å²) >= 11 is 0. The van der Waals surface area contributed by atoms with Gasteiger partial charge in [0.15, 0.2) is 5.82 Å². The number of pyridine rings is 1. The Kier molecular flexibility index (Phi) is 3.29. The fourth-order valence-corrected chi connectivity index (χ4v) is 2.74. The van der Waals surface area contributed by atoms with E-state index in [2.05, 4.69) is 20.4 Å². The number of hydrogen-bond acceptors (Lipinski definition) is 5. The summed E-state index contributed by atoms with van der Waals surface area (Å²) in [6.07, 6.45) is 2.66. The first-order valence-corrected chi connectivity index (χ1v) is 7.48. The topological polar surface area (TPSA) is 63.8 Å². The maximum Gasteiger partial charge on any atom is 0.261 e. The number of nitrogens with one attached hydrogen (secondary N) is 1. The Balaban J connectivity index is 1.55. The molecule has 0 saturated heterocycles. The first-order chi connectivity index (χ1) is 11.2. The minimum Gasteiger partial charge on any atom is -0.366 e. The third kappa shape index (κ3) is 2.79. The van der Waals surface area contributed by atoms with Crippen LogP contribution >= 0.6 is 0 Å². The fraction of sp³-hybridized carbons (Fsp3) is 0.235. The molecule has 1 fully saturated rings. The molecule has 0 aliphatic heterocycles. The highest BCUT2D eigenvalue weighted by Crippen LogP contribution is 2.43. The van der Waals surface area contributed by atoms with Crippen LogP contribution in [0.25, 0.3) is 11.5 Å². The first-order valence-electron chi connectivity index (χ1n) is 7.48. The number of halogens is 1. The van der Waals surface area contributed by atoms with Gasteiger partial charge in [0.2, 0.25) is 0 Å². The number of nitrogens with zero attached hydrogens (tertiary/aromatic N) is 3. The van der Waals surface area contributed by atoms with Crippen LogP contribution in [-0.4, -0.2) is 21.2 Å². The predicted molar refractivity (Wildman–Crippen MR) is 83.4 cm³/mol. The van der Waals surface area contributed by atoms with E-state index >= 15 is 0 Å². The average molecular weight is 310 g/mol. The summed E-state index contributed by atoms with van der Waals surface area (Å²) in [5.41, 5.74) is 1.78. The van der Waals surface area contributed by atoms with Gasteiger partial charge in [-0.15, -0.1) is 0 Å². The molecule has 1 aliphatic rings. The van der Waals surface area contributed by atoms with Gasteiger partial charge in [-0.1, -0.05) is 17.3 Å². The number of hydrogen-bond donors (Lipinski definition) is 1. The van der Waals surface area contributed by atoms with Gasteiger partial charge in [0.25, 0.3) is 5.89 Å². The molecular formula is C17H15FN4O. The van der Waals surface area contributed by atoms with Crippen molar-refractivity contribution in [1.82, 2.24) is 15.1 Å². The Bertz CT molecular complexity index is 848. The van der Waals surface area contributed by atoms with Gasteiger partial charge in [0.05, 0.1) is 5.56 Å². The molecule has 0 radical (unpaired) electrons. The highest BCUT2D eigenvalue weighted by Gasteiger charge is 2.39. The smallest absolute Gasteiger partial charge is 0.261 e. The molecule has 1 aromatic carbocycles. The predicted octanol–water partition coefficient (Wildman–Crippen LogP) is 3.55. The van der Waals surface area contributed by atoms with Gasteiger partial charge >= 0.3 is 0 Å². The van der Waals surface area contributed by atoms with Crippen LogP contribution < -0.4 is 5.32 Å². The van der Waals surface area contributed by atoms with Gasteiger partial charge < -0.3 is 9.84 Å². The maximum atomic E-state index is 13.3. The second-order valence-corrected chi connectivity index (χ2v) is 5.69. The van der Waals surface area contributed by atoms with Crippen molar-refractivity contribution >= 4 is 5.82 Å². The molecule has 2 atom stereocenters. The van der Waals surface area contributed by atoms with Crippen molar-refractivity contribution in [3.63, 3.8) is 0 Å². The molecule has 0 unspecified atom stereocenters. The molecule has 23 heavy (non-hydrogen) atoms. The van der Waals surface area contributed by atoms with E-state index in [0.717, 1.165) is 17.5 Å². The maximum absolute atomic E-state index is 13.3. The molecule has 0 amide bonds. The monoisotopic (exact) mass is 310 g/mol. The van der Waals surface area contributed by atoms with Crippen molar-refractivity contribution in [2.45, 2.75) is 25.3 Å². The molecule has 2 heterocycles. The minimum absolute atomic E-state index is 0.201. The standard InChI is InChI=1S/C17H15FN4O/c1-10-20-17(23-22-10)13-6-3-7-19-16(13)21-15-9-14(15)11-4-2-5-12(18)8-11/h2-8,14-15H,9H2,1H3,(H,19,21)/t14-,15+/m0/s1. The number of aryl methyl sites for hydroxylation is 1. The Morgan fingerprint density at radius 3 is 2.96 bits per heavy atom. The van der Waals surface area contributed by atoms with Crippen molar-refractivity contribution in [1.29, 1.82) is 0 Å². The molecule has 3 aromatic rings. The molecule has 116 valence electrons. The van der Waals surface area contributed by atoms with Gasteiger partial charge in [-0.3, -0.25) is 0 Å². The van der Waals surface area contributed by atoms with Crippen molar-refractivity contribution in [3.05, 3.63) is 59.8 Å². The van der Waals surface area contributed by atoms with Crippen LogP contribution in [0.3, 0.4) is 0 Å². The highest BCUT2D eigenvalue weighted by molar-refractivity contribution is 5.69. The summed E-state index contributed by atoms with van der Waals surface area (Å²) in [6, 6.07) is 10.7. The van der Waals surface area contributed by atoms with Crippen LogP contribution in [0.1, 0.15) is 23.7 Å². The average Bonchev–Trinajstić information content (AvgIpc) is 3.18. The molecule has 5 nitrogen and oxygen atoms in total. The van der Waals surface area contributed by atoms with Crippen molar-refractivity contribution in [2.24, 2.45) is 0 Å². The van der Waals surface area contributed by atoms with Gasteiger partial charge in [0.1, 0.15) is 11.6 Å². The normalized spacial score (nSPS) is 19.6. The van der Waals surface area contributed by atoms with E-state index in [-0.39, 0.29) is 11.9 Å². The molecule has 1 aliphatic carbocycles. The van der Waals surface area contributed by atoms with Crippen LogP contribution in [0.4, 0.5) is 10.2 Å². The van der Waals surface area contributed by atoms with Crippen molar-refractivity contribution in [3.8, 4) is 11.5 Å². The van der Waals surface area contributed by atoms with Crippen molar-refractivity contribution < 1.29 is 8.91 Å². The van der Waals surface area contributed by atoms with Crippen molar-refractivity contribution in [2.75, 3.05) is 5.32 Å². The number of aromatic nitrogens is 3. The summed E-state index contributed by atoms with van der Waals surface area (Å²) < 4.78 is 18.6. The molecule has 4 rings (SSSR count). The van der Waals surface area contributed by atoms with E-state index in [0.29, 0.717) is 23.5 Å². The van der Waals surface area contributed by atoms with E-state index in [1.54, 1.807) is 25.3 Å². The lowest BCUT2D eigenvalue weighted by Crippen LogP contribution is -2.07. The third-order valence-corrected chi connectivity index (χ3v) is 3.96. The van der Waals surface area contributed by atoms with Gasteiger partial charge in [-0.05, 0) is 43.2 Å². The van der Waals surface area contributed by atoms with Crippen LogP contribution in [-0.2, 0) is 0 Å². The Morgan fingerprint density at radius 2 is 2.17 bits per heavy atom. The summed E-state index contributed by atoms with van der Waals surface area (Å²) in [4.78, 5) is 8.63. The van der Waals surface area contributed by atoms with E-state index in [1.165, 1.54) is 6.07 Å². The van der Waals surface area contributed by atoms with E-state index < -0.39 is 0 Å². The van der Waals surface area contributed by atoms with Crippen LogP contribution in [0.2, 0.25) is 0 Å². The number of rotatable bonds is 4. The number of anilines is 1. The molecule has 6 heteroatoms. The summed E-state index contributed by atoms with van der Waals surface area (Å²) in [6.45, 7) is 1.78. The second kappa shape index (κ2) is 5.46. The van der Waals surface area contributed by atoms with E-state index in [9.17, 15) is 4.39 Å². The lowest BCUT2D eigenvalue weighted by Gasteiger charge is -2.08. The SMILES string of the molecule is Cc1noc(-c2cccnc2N[C@@H]2C[C@H]2c2cccc(F)c2)n1. The van der Waals surface area contributed by atoms with Crippen LogP contribution in [0.5, 0.6) is 0 Å². The van der Waals surface area contributed by atoms with Crippen LogP contribution in [0.15, 0.2) is 47.1 Å². The molecule has 0 bridgehead atoms. The molecule has 0 spiro atoms. The molecule has 1 saturated carbocycles. The fourth-order valence-electron chi connectivity index (χ4n) is 2.74. The lowest BCUT2D eigenvalue weighted by molar-refractivity contribution is 0.425. The summed E-state index contributed by atoms with van der Waals surface area (Å²) in [5.74, 6) is 1.83. The molecular weight excluding hydrogens is 295 g/mol. The van der Waals surface area contributed by atoms with Crippen LogP contribution in [0, 0.1) is 12.7 Å². The Morgan fingerprint density at radius 1 is 1.26 bits per heavy atom. The quantitative estimate of drug-likeness (QED) is 0.798. The minimum atomic E-state index is -0.201. The summed E-state index contributed by atoms with van der Waals surface area (Å²) in [7, 11) is 0. The highest BCUT2D eigenvalue weighted by atomic mass is 19.1. The number of benzene rings is 1. The second-order valence-electron chi connectivity index (χ2n) is 5.69. The zero-order valence-corrected chi connectivity index (χ0v) is 12.5. The summed E-state index contributed by atoms with van der Waals surface area (Å²) in [5, 5.41) is 7.22. The largest absolute Gasteiger partial charge is 0.366 e. The molecule has 1 N–H and O–H groups in total. The van der Waals surface area contributed by atoms with E-state index in [4.69, 9.17) is 4.52 Å².